The van der Waals surface area contributed by atoms with Crippen molar-refractivity contribution >= 4 is 11.9 Å². The molecule has 6 heteroatoms. The lowest BCUT2D eigenvalue weighted by atomic mass is 10.1. The van der Waals surface area contributed by atoms with E-state index in [4.69, 9.17) is 14.2 Å². The van der Waals surface area contributed by atoms with Crippen LogP contribution in [0.3, 0.4) is 0 Å². The van der Waals surface area contributed by atoms with Crippen LogP contribution < -0.4 is 9.47 Å². The molecule has 1 aliphatic rings. The molecule has 1 aromatic carbocycles. The highest BCUT2D eigenvalue weighted by Crippen LogP contribution is 2.30. The topological polar surface area (TPSA) is 65.1 Å². The van der Waals surface area contributed by atoms with Crippen molar-refractivity contribution in [3.8, 4) is 11.5 Å². The van der Waals surface area contributed by atoms with Gasteiger partial charge in [0.1, 0.15) is 13.2 Å². The standard InChI is InChI=1S/C16H21NO5/c1-11(2)17(3)15(18)10-22-16(19)9-12-4-5-13-14(8-12)21-7-6-20-13/h4-5,8,11H,6-7,9-10H2,1-3H3. The Morgan fingerprint density at radius 3 is 2.59 bits per heavy atom. The molecular weight excluding hydrogens is 286 g/mol. The number of fused-ring (bicyclic) bond motifs is 1. The van der Waals surface area contributed by atoms with E-state index in [1.165, 1.54) is 4.90 Å². The van der Waals surface area contributed by atoms with Gasteiger partial charge in [-0.2, -0.15) is 0 Å². The zero-order valence-corrected chi connectivity index (χ0v) is 13.1. The van der Waals surface area contributed by atoms with Crippen molar-refractivity contribution < 1.29 is 23.8 Å². The van der Waals surface area contributed by atoms with Gasteiger partial charge >= 0.3 is 5.97 Å². The zero-order valence-electron chi connectivity index (χ0n) is 13.1. The van der Waals surface area contributed by atoms with E-state index in [0.717, 1.165) is 5.56 Å². The molecule has 0 aromatic heterocycles. The summed E-state index contributed by atoms with van der Waals surface area (Å²) in [5, 5.41) is 0. The van der Waals surface area contributed by atoms with Crippen LogP contribution in [-0.4, -0.2) is 49.7 Å². The first-order valence-electron chi connectivity index (χ1n) is 7.27. The van der Waals surface area contributed by atoms with E-state index < -0.39 is 5.97 Å². The third-order valence-electron chi connectivity index (χ3n) is 3.48. The van der Waals surface area contributed by atoms with Crippen LogP contribution in [0.15, 0.2) is 18.2 Å². The Morgan fingerprint density at radius 1 is 1.23 bits per heavy atom. The molecule has 2 rings (SSSR count). The van der Waals surface area contributed by atoms with Crippen LogP contribution in [0.2, 0.25) is 0 Å². The molecule has 0 bridgehead atoms. The third kappa shape index (κ3) is 4.13. The minimum absolute atomic E-state index is 0.0731. The zero-order chi connectivity index (χ0) is 16.1. The number of esters is 1. The van der Waals surface area contributed by atoms with Crippen molar-refractivity contribution in [1.82, 2.24) is 4.90 Å². The van der Waals surface area contributed by atoms with Crippen molar-refractivity contribution in [2.24, 2.45) is 0 Å². The Kier molecular flexibility index (Phi) is 5.25. The molecule has 1 aromatic rings. The Labute approximate surface area is 129 Å². The van der Waals surface area contributed by atoms with Crippen LogP contribution in [0.1, 0.15) is 19.4 Å². The molecule has 1 aliphatic heterocycles. The monoisotopic (exact) mass is 307 g/mol. The molecule has 0 radical (unpaired) electrons. The third-order valence-corrected chi connectivity index (χ3v) is 3.48. The van der Waals surface area contributed by atoms with Gasteiger partial charge in [-0.05, 0) is 31.5 Å². The van der Waals surface area contributed by atoms with Gasteiger partial charge in [-0.1, -0.05) is 6.07 Å². The number of benzene rings is 1. The van der Waals surface area contributed by atoms with E-state index in [0.29, 0.717) is 24.7 Å². The summed E-state index contributed by atoms with van der Waals surface area (Å²) in [5.74, 6) is 0.650. The van der Waals surface area contributed by atoms with E-state index >= 15 is 0 Å². The molecule has 0 spiro atoms. The van der Waals surface area contributed by atoms with Crippen molar-refractivity contribution in [2.45, 2.75) is 26.3 Å². The van der Waals surface area contributed by atoms with E-state index in [9.17, 15) is 9.59 Å². The van der Waals surface area contributed by atoms with Gasteiger partial charge in [0.15, 0.2) is 18.1 Å². The van der Waals surface area contributed by atoms with E-state index in [-0.39, 0.29) is 25.0 Å². The van der Waals surface area contributed by atoms with E-state index in [2.05, 4.69) is 0 Å². The van der Waals surface area contributed by atoms with Gasteiger partial charge in [-0.25, -0.2) is 0 Å². The molecule has 0 saturated carbocycles. The van der Waals surface area contributed by atoms with Crippen LogP contribution in [0.4, 0.5) is 0 Å². The summed E-state index contributed by atoms with van der Waals surface area (Å²) < 4.78 is 15.9. The van der Waals surface area contributed by atoms with Gasteiger partial charge in [0.2, 0.25) is 0 Å². The molecule has 6 nitrogen and oxygen atoms in total. The Balaban J connectivity index is 1.86. The molecule has 1 heterocycles. The van der Waals surface area contributed by atoms with Crippen molar-refractivity contribution in [3.05, 3.63) is 23.8 Å². The van der Waals surface area contributed by atoms with Gasteiger partial charge in [-0.15, -0.1) is 0 Å². The quantitative estimate of drug-likeness (QED) is 0.770. The Morgan fingerprint density at radius 2 is 1.91 bits per heavy atom. The molecule has 22 heavy (non-hydrogen) atoms. The minimum atomic E-state index is -0.442. The maximum Gasteiger partial charge on any atom is 0.310 e. The van der Waals surface area contributed by atoms with Crippen LogP contribution in [0.25, 0.3) is 0 Å². The first kappa shape index (κ1) is 16.1. The highest BCUT2D eigenvalue weighted by Gasteiger charge is 2.16. The molecule has 0 atom stereocenters. The van der Waals surface area contributed by atoms with Crippen LogP contribution in [-0.2, 0) is 20.7 Å². The van der Waals surface area contributed by atoms with Crippen molar-refractivity contribution in [1.29, 1.82) is 0 Å². The van der Waals surface area contributed by atoms with Crippen molar-refractivity contribution in [2.75, 3.05) is 26.9 Å². The maximum atomic E-state index is 11.8. The number of rotatable bonds is 5. The number of ether oxygens (including phenoxy) is 3. The number of hydrogen-bond donors (Lipinski definition) is 0. The molecule has 0 saturated heterocycles. The van der Waals surface area contributed by atoms with Crippen LogP contribution in [0, 0.1) is 0 Å². The maximum absolute atomic E-state index is 11.8. The summed E-state index contributed by atoms with van der Waals surface area (Å²) in [5.41, 5.74) is 0.763. The molecule has 1 amide bonds. The fourth-order valence-corrected chi connectivity index (χ4v) is 1.95. The summed E-state index contributed by atoms with van der Waals surface area (Å²) in [4.78, 5) is 25.1. The summed E-state index contributed by atoms with van der Waals surface area (Å²) in [6, 6.07) is 5.40. The lowest BCUT2D eigenvalue weighted by Gasteiger charge is -2.21. The SMILES string of the molecule is CC(C)N(C)C(=O)COC(=O)Cc1ccc2c(c1)OCCO2. The summed E-state index contributed by atoms with van der Waals surface area (Å²) >= 11 is 0. The van der Waals surface area contributed by atoms with Crippen molar-refractivity contribution in [3.63, 3.8) is 0 Å². The van der Waals surface area contributed by atoms with Crippen LogP contribution >= 0.6 is 0 Å². The van der Waals surface area contributed by atoms with E-state index in [1.807, 2.05) is 13.8 Å². The minimum Gasteiger partial charge on any atom is -0.486 e. The fourth-order valence-electron chi connectivity index (χ4n) is 1.95. The lowest BCUT2D eigenvalue weighted by Crippen LogP contribution is -2.36. The summed E-state index contributed by atoms with van der Waals surface area (Å²) in [7, 11) is 1.68. The molecule has 0 fully saturated rings. The first-order valence-corrected chi connectivity index (χ1v) is 7.27. The molecule has 0 unspecified atom stereocenters. The van der Waals surface area contributed by atoms with Crippen LogP contribution in [0.5, 0.6) is 11.5 Å². The molecule has 0 aliphatic carbocycles. The van der Waals surface area contributed by atoms with Gasteiger partial charge < -0.3 is 19.1 Å². The number of carbonyl (C=O) groups is 2. The smallest absolute Gasteiger partial charge is 0.310 e. The molecule has 0 N–H and O–H groups in total. The Hall–Kier alpha value is -2.24. The second-order valence-electron chi connectivity index (χ2n) is 5.41. The summed E-state index contributed by atoms with van der Waals surface area (Å²) in [6.07, 6.45) is 0.0926. The highest BCUT2D eigenvalue weighted by atomic mass is 16.6. The number of likely N-dealkylation sites (N-methyl/N-ethyl adjacent to an activating group) is 1. The Bertz CT molecular complexity index is 555. The first-order chi connectivity index (χ1) is 10.5. The predicted octanol–water partition coefficient (Wildman–Crippen LogP) is 1.41. The number of carbonyl (C=O) groups excluding carboxylic acids is 2. The van der Waals surface area contributed by atoms with E-state index in [1.54, 1.807) is 25.2 Å². The van der Waals surface area contributed by atoms with Gasteiger partial charge in [0, 0.05) is 13.1 Å². The number of nitrogens with zero attached hydrogens (tertiary/aromatic N) is 1. The van der Waals surface area contributed by atoms with Gasteiger partial charge in [0.25, 0.3) is 5.91 Å². The largest absolute Gasteiger partial charge is 0.486 e. The molecular formula is C16H21NO5. The second-order valence-corrected chi connectivity index (χ2v) is 5.41. The normalized spacial score (nSPS) is 12.9. The lowest BCUT2D eigenvalue weighted by molar-refractivity contribution is -0.151. The highest BCUT2D eigenvalue weighted by molar-refractivity contribution is 5.81. The average molecular weight is 307 g/mol. The molecule has 120 valence electrons. The summed E-state index contributed by atoms with van der Waals surface area (Å²) in [6.45, 7) is 4.58. The number of hydrogen-bond acceptors (Lipinski definition) is 5. The number of amides is 1. The second kappa shape index (κ2) is 7.15. The van der Waals surface area contributed by atoms with Gasteiger partial charge in [0.05, 0.1) is 6.42 Å². The predicted molar refractivity (Wildman–Crippen MR) is 80.0 cm³/mol. The van der Waals surface area contributed by atoms with Gasteiger partial charge in [-0.3, -0.25) is 9.59 Å². The fraction of sp³-hybridized carbons (Fsp3) is 0.500. The average Bonchev–Trinajstić information content (AvgIpc) is 2.51.